The normalized spacial score (nSPS) is 15.3. The first kappa shape index (κ1) is 23.5. The summed E-state index contributed by atoms with van der Waals surface area (Å²) in [5.74, 6) is -0.278. The van der Waals surface area contributed by atoms with E-state index in [9.17, 15) is 18.0 Å². The van der Waals surface area contributed by atoms with E-state index < -0.39 is 16.0 Å². The summed E-state index contributed by atoms with van der Waals surface area (Å²) in [4.78, 5) is 28.1. The summed E-state index contributed by atoms with van der Waals surface area (Å²) in [6.07, 6.45) is 0.621. The first-order chi connectivity index (χ1) is 15.3. The van der Waals surface area contributed by atoms with E-state index in [4.69, 9.17) is 4.74 Å². The van der Waals surface area contributed by atoms with Gasteiger partial charge in [0.1, 0.15) is 5.84 Å². The Labute approximate surface area is 188 Å². The van der Waals surface area contributed by atoms with E-state index in [2.05, 4.69) is 41.0 Å². The number of sulfonamides is 1. The van der Waals surface area contributed by atoms with E-state index in [1.165, 1.54) is 11.6 Å². The van der Waals surface area contributed by atoms with Crippen LogP contribution in [0.5, 0.6) is 0 Å². The van der Waals surface area contributed by atoms with Crippen LogP contribution in [0.3, 0.4) is 0 Å². The van der Waals surface area contributed by atoms with Crippen LogP contribution >= 0.6 is 0 Å². The maximum Gasteiger partial charge on any atom is 0.308 e. The van der Waals surface area contributed by atoms with Gasteiger partial charge < -0.3 is 10.1 Å². The molecule has 0 saturated heterocycles. The first-order valence-electron chi connectivity index (χ1n) is 10.4. The van der Waals surface area contributed by atoms with Crippen molar-refractivity contribution in [3.8, 4) is 0 Å². The molecule has 0 atom stereocenters. The Balaban J connectivity index is 1.36. The van der Waals surface area contributed by atoms with Crippen LogP contribution in [0.15, 0.2) is 58.4 Å². The van der Waals surface area contributed by atoms with Crippen LogP contribution < -0.4 is 10.0 Å². The molecule has 3 rings (SSSR count). The summed E-state index contributed by atoms with van der Waals surface area (Å²) in [6, 6.07) is 14.7. The minimum Gasteiger partial charge on any atom is -0.456 e. The molecule has 0 fully saturated rings. The molecule has 0 spiro atoms. The minimum absolute atomic E-state index is 0.0407. The van der Waals surface area contributed by atoms with E-state index in [0.717, 1.165) is 5.56 Å². The summed E-state index contributed by atoms with van der Waals surface area (Å²) >= 11 is 0. The molecule has 1 amide bonds. The summed E-state index contributed by atoms with van der Waals surface area (Å²) < 4.78 is 31.4. The van der Waals surface area contributed by atoms with Crippen LogP contribution in [0.1, 0.15) is 42.9 Å². The molecular formula is C23H27N3O5S. The summed E-state index contributed by atoms with van der Waals surface area (Å²) in [7, 11) is -3.61. The summed E-state index contributed by atoms with van der Waals surface area (Å²) in [6.45, 7) is 4.40. The summed E-state index contributed by atoms with van der Waals surface area (Å²) in [5, 5.41) is 2.72. The number of fused-ring (bicyclic) bond motifs is 1. The van der Waals surface area contributed by atoms with Gasteiger partial charge in [0.2, 0.25) is 0 Å². The van der Waals surface area contributed by atoms with Crippen molar-refractivity contribution in [2.75, 3.05) is 19.7 Å². The Morgan fingerprint density at radius 1 is 1.09 bits per heavy atom. The number of amides is 1. The Bertz CT molecular complexity index is 1110. The van der Waals surface area contributed by atoms with Gasteiger partial charge in [-0.15, -0.1) is 0 Å². The lowest BCUT2D eigenvalue weighted by molar-refractivity contribution is -0.148. The highest BCUT2D eigenvalue weighted by Gasteiger charge is 2.29. The van der Waals surface area contributed by atoms with Crippen LogP contribution in [-0.4, -0.2) is 45.8 Å². The lowest BCUT2D eigenvalue weighted by Crippen LogP contribution is -2.30. The van der Waals surface area contributed by atoms with Crippen LogP contribution in [0.4, 0.5) is 0 Å². The Kier molecular flexibility index (Phi) is 7.63. The molecule has 9 heteroatoms. The minimum atomic E-state index is -3.61. The number of rotatable bonds is 9. The molecule has 1 aliphatic heterocycles. The van der Waals surface area contributed by atoms with Crippen LogP contribution in [0.25, 0.3) is 0 Å². The SMILES string of the molecule is CC(C)c1ccc(CCNC(=O)COC(=O)CCN=C2NS(=O)(=O)c3ccccc32)cc1. The molecule has 0 unspecified atom stereocenters. The number of carbonyl (C=O) groups excluding carboxylic acids is 2. The number of benzene rings is 2. The third kappa shape index (κ3) is 6.16. The van der Waals surface area contributed by atoms with Crippen molar-refractivity contribution in [1.29, 1.82) is 0 Å². The standard InChI is InChI=1S/C23H27N3O5S/c1-16(2)18-9-7-17(8-10-18)11-13-24-21(27)15-31-22(28)12-14-25-23-19-5-3-4-6-20(19)32(29,30)26-23/h3-10,16H,11-15H2,1-2H3,(H,24,27)(H,25,26). The van der Waals surface area contributed by atoms with Gasteiger partial charge in [0.15, 0.2) is 6.61 Å². The predicted molar refractivity (Wildman–Crippen MR) is 121 cm³/mol. The number of esters is 1. The largest absolute Gasteiger partial charge is 0.456 e. The van der Waals surface area contributed by atoms with Gasteiger partial charge in [-0.2, -0.15) is 0 Å². The molecule has 2 N–H and O–H groups in total. The second kappa shape index (κ2) is 10.4. The van der Waals surface area contributed by atoms with Gasteiger partial charge in [-0.1, -0.05) is 50.2 Å². The maximum atomic E-state index is 12.0. The fourth-order valence-corrected chi connectivity index (χ4v) is 4.45. The molecule has 0 bridgehead atoms. The second-order valence-corrected chi connectivity index (χ2v) is 9.39. The molecule has 0 radical (unpaired) electrons. The van der Waals surface area contributed by atoms with E-state index in [1.807, 2.05) is 12.1 Å². The summed E-state index contributed by atoms with van der Waals surface area (Å²) in [5.41, 5.74) is 2.86. The van der Waals surface area contributed by atoms with Crippen molar-refractivity contribution in [3.05, 3.63) is 65.2 Å². The van der Waals surface area contributed by atoms with Gasteiger partial charge in [0, 0.05) is 12.1 Å². The highest BCUT2D eigenvalue weighted by atomic mass is 32.2. The third-order valence-electron chi connectivity index (χ3n) is 5.00. The number of carbonyl (C=O) groups is 2. The quantitative estimate of drug-likeness (QED) is 0.560. The average molecular weight is 458 g/mol. The average Bonchev–Trinajstić information content (AvgIpc) is 3.03. The van der Waals surface area contributed by atoms with Crippen molar-refractivity contribution < 1.29 is 22.7 Å². The molecule has 2 aromatic rings. The Hall–Kier alpha value is -3.20. The number of nitrogens with zero attached hydrogens (tertiary/aromatic N) is 1. The van der Waals surface area contributed by atoms with Gasteiger partial charge >= 0.3 is 5.97 Å². The van der Waals surface area contributed by atoms with Crippen molar-refractivity contribution >= 4 is 27.7 Å². The van der Waals surface area contributed by atoms with Crippen molar-refractivity contribution in [1.82, 2.24) is 10.0 Å². The monoisotopic (exact) mass is 457 g/mol. The number of nitrogens with one attached hydrogen (secondary N) is 2. The topological polar surface area (TPSA) is 114 Å². The molecule has 1 aliphatic rings. The van der Waals surface area contributed by atoms with Crippen molar-refractivity contribution in [3.63, 3.8) is 0 Å². The molecule has 170 valence electrons. The number of aliphatic imine (C=N–C) groups is 1. The van der Waals surface area contributed by atoms with Crippen molar-refractivity contribution in [2.45, 2.75) is 37.5 Å². The Morgan fingerprint density at radius 3 is 2.53 bits per heavy atom. The smallest absolute Gasteiger partial charge is 0.308 e. The van der Waals surface area contributed by atoms with Gasteiger partial charge in [-0.3, -0.25) is 19.3 Å². The highest BCUT2D eigenvalue weighted by Crippen LogP contribution is 2.22. The zero-order valence-corrected chi connectivity index (χ0v) is 18.9. The van der Waals surface area contributed by atoms with Gasteiger partial charge in [0.25, 0.3) is 15.9 Å². The molecule has 0 saturated carbocycles. The third-order valence-corrected chi connectivity index (χ3v) is 6.39. The molecule has 32 heavy (non-hydrogen) atoms. The molecule has 0 aromatic heterocycles. The first-order valence-corrected chi connectivity index (χ1v) is 11.9. The van der Waals surface area contributed by atoms with Crippen LogP contribution in [-0.2, 0) is 30.8 Å². The molecule has 0 aliphatic carbocycles. The van der Waals surface area contributed by atoms with Crippen LogP contribution in [0, 0.1) is 0 Å². The molecule has 8 nitrogen and oxygen atoms in total. The maximum absolute atomic E-state index is 12.0. The molecular weight excluding hydrogens is 430 g/mol. The fourth-order valence-electron chi connectivity index (χ4n) is 3.19. The number of hydrogen-bond acceptors (Lipinski definition) is 6. The zero-order valence-electron chi connectivity index (χ0n) is 18.1. The zero-order chi connectivity index (χ0) is 23.1. The van der Waals surface area contributed by atoms with E-state index in [0.29, 0.717) is 24.4 Å². The molecule has 2 aromatic carbocycles. The number of amidine groups is 1. The lowest BCUT2D eigenvalue weighted by atomic mass is 10.0. The highest BCUT2D eigenvalue weighted by molar-refractivity contribution is 7.90. The van der Waals surface area contributed by atoms with Crippen molar-refractivity contribution in [2.24, 2.45) is 4.99 Å². The lowest BCUT2D eigenvalue weighted by Gasteiger charge is -2.08. The van der Waals surface area contributed by atoms with E-state index in [1.54, 1.807) is 18.2 Å². The van der Waals surface area contributed by atoms with E-state index >= 15 is 0 Å². The Morgan fingerprint density at radius 2 is 1.81 bits per heavy atom. The fraction of sp³-hybridized carbons (Fsp3) is 0.348. The van der Waals surface area contributed by atoms with E-state index in [-0.39, 0.29) is 36.2 Å². The predicted octanol–water partition coefficient (Wildman–Crippen LogP) is 2.14. The van der Waals surface area contributed by atoms with Crippen LogP contribution in [0.2, 0.25) is 0 Å². The number of hydrogen-bond donors (Lipinski definition) is 2. The van der Waals surface area contributed by atoms with Gasteiger partial charge in [0.05, 0.1) is 17.9 Å². The van der Waals surface area contributed by atoms with Gasteiger partial charge in [-0.25, -0.2) is 8.42 Å². The molecule has 1 heterocycles. The number of ether oxygens (including phenoxy) is 1. The second-order valence-electron chi connectivity index (χ2n) is 7.74. The van der Waals surface area contributed by atoms with Gasteiger partial charge in [-0.05, 0) is 35.6 Å².